The van der Waals surface area contributed by atoms with Gasteiger partial charge in [0, 0.05) is 30.3 Å². The molecule has 1 aromatic carbocycles. The van der Waals surface area contributed by atoms with E-state index >= 15 is 0 Å². The highest BCUT2D eigenvalue weighted by molar-refractivity contribution is 8.01. The fourth-order valence-electron chi connectivity index (χ4n) is 2.65. The summed E-state index contributed by atoms with van der Waals surface area (Å²) in [5, 5.41) is 24.5. The Kier molecular flexibility index (Phi) is 7.12. The number of ether oxygens (including phenoxy) is 1. The number of carbonyl (C=O) groups is 2. The van der Waals surface area contributed by atoms with Crippen LogP contribution in [0.3, 0.4) is 0 Å². The SMILES string of the molecule is Cc1ccc(C(=O)Nc2nnc(SCC(=O)NCC3CCCO3)s2)cc1[N+](=O)[O-]. The largest absolute Gasteiger partial charge is 0.376 e. The molecule has 1 atom stereocenters. The molecule has 154 valence electrons. The van der Waals surface area contributed by atoms with Crippen LogP contribution in [-0.2, 0) is 9.53 Å². The molecule has 12 heteroatoms. The summed E-state index contributed by atoms with van der Waals surface area (Å²) >= 11 is 2.34. The monoisotopic (exact) mass is 437 g/mol. The first-order valence-electron chi connectivity index (χ1n) is 8.83. The van der Waals surface area contributed by atoms with Crippen LogP contribution in [0.1, 0.15) is 28.8 Å². The summed E-state index contributed by atoms with van der Waals surface area (Å²) in [6.07, 6.45) is 2.06. The number of benzene rings is 1. The molecule has 1 saturated heterocycles. The molecule has 0 spiro atoms. The molecule has 0 saturated carbocycles. The Morgan fingerprint density at radius 3 is 2.97 bits per heavy atom. The highest BCUT2D eigenvalue weighted by atomic mass is 32.2. The standard InChI is InChI=1S/C17H19N5O5S2/c1-10-4-5-11(7-13(10)22(25)26)15(24)19-16-20-21-17(29-16)28-9-14(23)18-8-12-3-2-6-27-12/h4-5,7,12H,2-3,6,8-9H2,1H3,(H,18,23)(H,19,20,24). The number of hydrogen-bond donors (Lipinski definition) is 2. The quantitative estimate of drug-likeness (QED) is 0.278. The lowest BCUT2D eigenvalue weighted by Crippen LogP contribution is -2.32. The first-order chi connectivity index (χ1) is 13.9. The number of thioether (sulfide) groups is 1. The maximum absolute atomic E-state index is 12.3. The van der Waals surface area contributed by atoms with Crippen molar-refractivity contribution in [2.75, 3.05) is 24.2 Å². The molecule has 2 heterocycles. The summed E-state index contributed by atoms with van der Waals surface area (Å²) in [5.74, 6) is -0.465. The third kappa shape index (κ3) is 5.95. The third-order valence-electron chi connectivity index (χ3n) is 4.17. The van der Waals surface area contributed by atoms with Crippen molar-refractivity contribution in [3.8, 4) is 0 Å². The molecular formula is C17H19N5O5S2. The van der Waals surface area contributed by atoms with Gasteiger partial charge in [0.05, 0.1) is 16.8 Å². The highest BCUT2D eigenvalue weighted by Gasteiger charge is 2.18. The van der Waals surface area contributed by atoms with E-state index in [-0.39, 0.29) is 34.1 Å². The lowest BCUT2D eigenvalue weighted by Gasteiger charge is -2.09. The van der Waals surface area contributed by atoms with E-state index in [9.17, 15) is 19.7 Å². The molecule has 1 aromatic heterocycles. The van der Waals surface area contributed by atoms with Crippen molar-refractivity contribution >= 4 is 45.7 Å². The lowest BCUT2D eigenvalue weighted by atomic mass is 10.1. The van der Waals surface area contributed by atoms with Crippen molar-refractivity contribution in [3.63, 3.8) is 0 Å². The van der Waals surface area contributed by atoms with E-state index in [0.29, 0.717) is 16.4 Å². The van der Waals surface area contributed by atoms with Crippen molar-refractivity contribution in [1.29, 1.82) is 0 Å². The van der Waals surface area contributed by atoms with Crippen LogP contribution in [0.25, 0.3) is 0 Å². The minimum Gasteiger partial charge on any atom is -0.376 e. The number of amides is 2. The summed E-state index contributed by atoms with van der Waals surface area (Å²) in [6, 6.07) is 4.25. The van der Waals surface area contributed by atoms with Crippen molar-refractivity contribution in [3.05, 3.63) is 39.4 Å². The van der Waals surface area contributed by atoms with Crippen molar-refractivity contribution in [2.45, 2.75) is 30.2 Å². The maximum atomic E-state index is 12.3. The average molecular weight is 438 g/mol. The smallest absolute Gasteiger partial charge is 0.273 e. The van der Waals surface area contributed by atoms with E-state index in [2.05, 4.69) is 20.8 Å². The molecule has 10 nitrogen and oxygen atoms in total. The Labute approximate surface area is 174 Å². The summed E-state index contributed by atoms with van der Waals surface area (Å²) in [5.41, 5.74) is 0.499. The zero-order chi connectivity index (χ0) is 20.8. The van der Waals surface area contributed by atoms with Gasteiger partial charge in [-0.3, -0.25) is 25.0 Å². The number of nitrogens with zero attached hydrogens (tertiary/aromatic N) is 3. The Bertz CT molecular complexity index is 913. The zero-order valence-electron chi connectivity index (χ0n) is 15.5. The van der Waals surface area contributed by atoms with Gasteiger partial charge in [-0.05, 0) is 25.8 Å². The maximum Gasteiger partial charge on any atom is 0.273 e. The summed E-state index contributed by atoms with van der Waals surface area (Å²) < 4.78 is 5.98. The van der Waals surface area contributed by atoms with Gasteiger partial charge in [0.2, 0.25) is 11.0 Å². The number of hydrogen-bond acceptors (Lipinski definition) is 9. The van der Waals surface area contributed by atoms with Crippen LogP contribution in [0, 0.1) is 17.0 Å². The van der Waals surface area contributed by atoms with Gasteiger partial charge >= 0.3 is 0 Å². The van der Waals surface area contributed by atoms with Gasteiger partial charge in [-0.1, -0.05) is 29.2 Å². The second-order valence-electron chi connectivity index (χ2n) is 6.31. The van der Waals surface area contributed by atoms with Crippen molar-refractivity contribution in [2.24, 2.45) is 0 Å². The van der Waals surface area contributed by atoms with E-state index < -0.39 is 10.8 Å². The zero-order valence-corrected chi connectivity index (χ0v) is 17.2. The molecule has 1 unspecified atom stereocenters. The molecule has 2 amide bonds. The Balaban J connectivity index is 1.49. The summed E-state index contributed by atoms with van der Waals surface area (Å²) in [4.78, 5) is 34.7. The average Bonchev–Trinajstić information content (AvgIpc) is 3.36. The van der Waals surface area contributed by atoms with Crippen LogP contribution in [0.15, 0.2) is 22.5 Å². The van der Waals surface area contributed by atoms with Crippen LogP contribution in [0.2, 0.25) is 0 Å². The van der Waals surface area contributed by atoms with Gasteiger partial charge < -0.3 is 10.1 Å². The number of nitrogens with one attached hydrogen (secondary N) is 2. The predicted octanol–water partition coefficient (Wildman–Crippen LogP) is 2.39. The second kappa shape index (κ2) is 9.76. The van der Waals surface area contributed by atoms with Crippen LogP contribution in [0.5, 0.6) is 0 Å². The third-order valence-corrected chi connectivity index (χ3v) is 6.14. The fraction of sp³-hybridized carbons (Fsp3) is 0.412. The van der Waals surface area contributed by atoms with E-state index in [0.717, 1.165) is 30.8 Å². The molecule has 0 bridgehead atoms. The summed E-state index contributed by atoms with van der Waals surface area (Å²) in [6.45, 7) is 2.84. The molecule has 1 fully saturated rings. The normalized spacial score (nSPS) is 15.8. The number of rotatable bonds is 8. The number of aryl methyl sites for hydroxylation is 1. The minimum atomic E-state index is -0.532. The molecule has 0 radical (unpaired) electrons. The van der Waals surface area contributed by atoms with Crippen molar-refractivity contribution in [1.82, 2.24) is 15.5 Å². The topological polar surface area (TPSA) is 136 Å². The van der Waals surface area contributed by atoms with Gasteiger partial charge in [-0.15, -0.1) is 10.2 Å². The summed E-state index contributed by atoms with van der Waals surface area (Å²) in [7, 11) is 0. The van der Waals surface area contributed by atoms with Crippen LogP contribution in [-0.4, -0.2) is 51.9 Å². The first-order valence-corrected chi connectivity index (χ1v) is 10.6. The molecule has 1 aliphatic rings. The Morgan fingerprint density at radius 2 is 2.24 bits per heavy atom. The van der Waals surface area contributed by atoms with E-state index in [1.54, 1.807) is 6.92 Å². The van der Waals surface area contributed by atoms with Crippen LogP contribution >= 0.6 is 23.1 Å². The molecule has 2 N–H and O–H groups in total. The number of nitro groups is 1. The Hall–Kier alpha value is -2.57. The van der Waals surface area contributed by atoms with E-state index in [1.807, 2.05) is 0 Å². The Morgan fingerprint density at radius 1 is 1.41 bits per heavy atom. The number of anilines is 1. The lowest BCUT2D eigenvalue weighted by molar-refractivity contribution is -0.385. The van der Waals surface area contributed by atoms with Gasteiger partial charge in [0.1, 0.15) is 0 Å². The fourth-order valence-corrected chi connectivity index (χ4v) is 4.22. The second-order valence-corrected chi connectivity index (χ2v) is 8.51. The molecule has 29 heavy (non-hydrogen) atoms. The highest BCUT2D eigenvalue weighted by Crippen LogP contribution is 2.26. The first kappa shape index (κ1) is 21.1. The molecule has 1 aliphatic heterocycles. The predicted molar refractivity (Wildman–Crippen MR) is 108 cm³/mol. The molecular weight excluding hydrogens is 418 g/mol. The van der Waals surface area contributed by atoms with Crippen LogP contribution < -0.4 is 10.6 Å². The number of nitro benzene ring substituents is 1. The van der Waals surface area contributed by atoms with Gasteiger partial charge in [0.25, 0.3) is 11.6 Å². The van der Waals surface area contributed by atoms with Gasteiger partial charge in [0.15, 0.2) is 4.34 Å². The number of carbonyl (C=O) groups excluding carboxylic acids is 2. The molecule has 3 rings (SSSR count). The molecule has 0 aliphatic carbocycles. The van der Waals surface area contributed by atoms with E-state index in [1.165, 1.54) is 30.0 Å². The number of aromatic nitrogens is 2. The van der Waals surface area contributed by atoms with Gasteiger partial charge in [-0.25, -0.2) is 0 Å². The van der Waals surface area contributed by atoms with E-state index in [4.69, 9.17) is 4.74 Å². The minimum absolute atomic E-state index is 0.0879. The van der Waals surface area contributed by atoms with Crippen LogP contribution in [0.4, 0.5) is 10.8 Å². The van der Waals surface area contributed by atoms with Crippen molar-refractivity contribution < 1.29 is 19.2 Å². The van der Waals surface area contributed by atoms with Gasteiger partial charge in [-0.2, -0.15) is 0 Å². The molecule has 2 aromatic rings.